The van der Waals surface area contributed by atoms with E-state index in [0.717, 1.165) is 39.4 Å². The number of aromatic nitrogens is 4. The van der Waals surface area contributed by atoms with Gasteiger partial charge in [-0.1, -0.05) is 59.8 Å². The van der Waals surface area contributed by atoms with Crippen LogP contribution in [0, 0.1) is 6.92 Å². The molecule has 0 unspecified atom stereocenters. The quantitative estimate of drug-likeness (QED) is 0.339. The number of benzene rings is 3. The standard InChI is InChI=1S/C28H22N4O3/c1-19-14-25(23-8-5-9-24(15-23)35-18-20-6-3-2-4-7-20)29-16-27(19)32-17-26(30-31-32)21-10-12-22(13-11-21)28(33)34/h2-17H,18H2,1H3,(H,33,34). The summed E-state index contributed by atoms with van der Waals surface area (Å²) in [4.78, 5) is 15.7. The van der Waals surface area contributed by atoms with E-state index in [1.165, 1.54) is 0 Å². The van der Waals surface area contributed by atoms with E-state index in [1.807, 2.05) is 67.6 Å². The van der Waals surface area contributed by atoms with Gasteiger partial charge in [-0.25, -0.2) is 9.48 Å². The number of aryl methyl sites for hydroxylation is 1. The fourth-order valence-corrected chi connectivity index (χ4v) is 3.73. The van der Waals surface area contributed by atoms with E-state index in [1.54, 1.807) is 41.3 Å². The van der Waals surface area contributed by atoms with Gasteiger partial charge < -0.3 is 9.84 Å². The third-order valence-corrected chi connectivity index (χ3v) is 5.63. The van der Waals surface area contributed by atoms with Gasteiger partial charge in [-0.05, 0) is 48.4 Å². The van der Waals surface area contributed by atoms with E-state index in [-0.39, 0.29) is 5.56 Å². The van der Waals surface area contributed by atoms with Gasteiger partial charge in [0, 0.05) is 11.1 Å². The fraction of sp³-hybridized carbons (Fsp3) is 0.0714. The number of carboxylic acid groups (broad SMARTS) is 1. The Kier molecular flexibility index (Phi) is 6.05. The van der Waals surface area contributed by atoms with Crippen molar-refractivity contribution in [2.75, 3.05) is 0 Å². The molecule has 35 heavy (non-hydrogen) atoms. The van der Waals surface area contributed by atoms with Gasteiger partial charge >= 0.3 is 5.97 Å². The Morgan fingerprint density at radius 3 is 2.46 bits per heavy atom. The van der Waals surface area contributed by atoms with E-state index >= 15 is 0 Å². The van der Waals surface area contributed by atoms with E-state index in [9.17, 15) is 4.79 Å². The number of carbonyl (C=O) groups is 1. The number of ether oxygens (including phenoxy) is 1. The number of hydrogen-bond donors (Lipinski definition) is 1. The van der Waals surface area contributed by atoms with Crippen LogP contribution in [0.1, 0.15) is 21.5 Å². The molecule has 5 aromatic rings. The molecule has 5 rings (SSSR count). The van der Waals surface area contributed by atoms with Crippen LogP contribution in [0.25, 0.3) is 28.2 Å². The molecule has 7 nitrogen and oxygen atoms in total. The van der Waals surface area contributed by atoms with Gasteiger partial charge in [0.2, 0.25) is 0 Å². The normalized spacial score (nSPS) is 10.8. The Labute approximate surface area is 202 Å². The lowest BCUT2D eigenvalue weighted by molar-refractivity contribution is 0.0697. The van der Waals surface area contributed by atoms with Crippen LogP contribution in [0.4, 0.5) is 0 Å². The lowest BCUT2D eigenvalue weighted by atomic mass is 10.1. The topological polar surface area (TPSA) is 90.1 Å². The molecular weight excluding hydrogens is 440 g/mol. The minimum atomic E-state index is -0.963. The lowest BCUT2D eigenvalue weighted by Gasteiger charge is -2.10. The second kappa shape index (κ2) is 9.61. The second-order valence-electron chi connectivity index (χ2n) is 8.09. The van der Waals surface area contributed by atoms with Crippen LogP contribution in [-0.4, -0.2) is 31.1 Å². The fourth-order valence-electron chi connectivity index (χ4n) is 3.73. The molecule has 3 aromatic carbocycles. The van der Waals surface area contributed by atoms with Crippen molar-refractivity contribution >= 4 is 5.97 Å². The zero-order valence-electron chi connectivity index (χ0n) is 19.0. The SMILES string of the molecule is Cc1cc(-c2cccc(OCc3ccccc3)c2)ncc1-n1cc(-c2ccc(C(=O)O)cc2)nn1. The molecule has 1 N–H and O–H groups in total. The van der Waals surface area contributed by atoms with Gasteiger partial charge in [0.05, 0.1) is 29.3 Å². The van der Waals surface area contributed by atoms with Crippen molar-refractivity contribution in [2.45, 2.75) is 13.5 Å². The van der Waals surface area contributed by atoms with Crippen LogP contribution in [0.3, 0.4) is 0 Å². The summed E-state index contributed by atoms with van der Waals surface area (Å²) < 4.78 is 7.63. The molecular formula is C28H22N4O3. The number of hydrogen-bond acceptors (Lipinski definition) is 5. The third kappa shape index (κ3) is 4.94. The molecule has 0 spiro atoms. The summed E-state index contributed by atoms with van der Waals surface area (Å²) in [5.74, 6) is -0.181. The molecule has 0 aliphatic carbocycles. The molecule has 7 heteroatoms. The molecule has 0 saturated carbocycles. The first kappa shape index (κ1) is 22.0. The molecule has 0 aliphatic heterocycles. The average Bonchev–Trinajstić information content (AvgIpc) is 3.38. The van der Waals surface area contributed by atoms with E-state index in [4.69, 9.17) is 9.84 Å². The zero-order valence-corrected chi connectivity index (χ0v) is 19.0. The maximum atomic E-state index is 11.1. The summed E-state index contributed by atoms with van der Waals surface area (Å²) in [5, 5.41) is 17.6. The predicted molar refractivity (Wildman–Crippen MR) is 132 cm³/mol. The number of aromatic carboxylic acids is 1. The highest BCUT2D eigenvalue weighted by molar-refractivity contribution is 5.88. The van der Waals surface area contributed by atoms with Crippen LogP contribution in [-0.2, 0) is 6.61 Å². The number of nitrogens with zero attached hydrogens (tertiary/aromatic N) is 4. The summed E-state index contributed by atoms with van der Waals surface area (Å²) in [6, 6.07) is 26.5. The molecule has 0 atom stereocenters. The number of rotatable bonds is 7. The summed E-state index contributed by atoms with van der Waals surface area (Å²) in [7, 11) is 0. The largest absolute Gasteiger partial charge is 0.489 e. The highest BCUT2D eigenvalue weighted by Gasteiger charge is 2.11. The number of pyridine rings is 1. The van der Waals surface area contributed by atoms with Gasteiger partial charge in [0.15, 0.2) is 0 Å². The molecule has 0 aliphatic rings. The van der Waals surface area contributed by atoms with Crippen molar-refractivity contribution in [1.82, 2.24) is 20.0 Å². The minimum Gasteiger partial charge on any atom is -0.489 e. The molecule has 0 bridgehead atoms. The van der Waals surface area contributed by atoms with Crippen molar-refractivity contribution in [3.8, 4) is 34.0 Å². The van der Waals surface area contributed by atoms with Gasteiger partial charge in [-0.2, -0.15) is 0 Å². The Morgan fingerprint density at radius 1 is 0.914 bits per heavy atom. The average molecular weight is 463 g/mol. The van der Waals surface area contributed by atoms with Gasteiger partial charge in [0.25, 0.3) is 0 Å². The minimum absolute atomic E-state index is 0.228. The summed E-state index contributed by atoms with van der Waals surface area (Å²) >= 11 is 0. The molecule has 172 valence electrons. The van der Waals surface area contributed by atoms with Crippen molar-refractivity contribution in [3.05, 3.63) is 114 Å². The lowest BCUT2D eigenvalue weighted by Crippen LogP contribution is -2.00. The first-order valence-electron chi connectivity index (χ1n) is 11.1. The van der Waals surface area contributed by atoms with E-state index < -0.39 is 5.97 Å². The molecule has 0 radical (unpaired) electrons. The van der Waals surface area contributed by atoms with Crippen molar-refractivity contribution < 1.29 is 14.6 Å². The third-order valence-electron chi connectivity index (χ3n) is 5.63. The molecule has 0 fully saturated rings. The highest BCUT2D eigenvalue weighted by Crippen LogP contribution is 2.26. The van der Waals surface area contributed by atoms with Crippen LogP contribution < -0.4 is 4.74 Å². The Bertz CT molecular complexity index is 1480. The van der Waals surface area contributed by atoms with Gasteiger partial charge in [-0.15, -0.1) is 5.10 Å². The monoisotopic (exact) mass is 462 g/mol. The summed E-state index contributed by atoms with van der Waals surface area (Å²) in [6.45, 7) is 2.50. The van der Waals surface area contributed by atoms with Crippen molar-refractivity contribution in [1.29, 1.82) is 0 Å². The summed E-state index contributed by atoms with van der Waals surface area (Å²) in [5.41, 5.74) is 6.37. The first-order chi connectivity index (χ1) is 17.1. The van der Waals surface area contributed by atoms with E-state index in [0.29, 0.717) is 12.3 Å². The van der Waals surface area contributed by atoms with Gasteiger partial charge in [0.1, 0.15) is 18.1 Å². The smallest absolute Gasteiger partial charge is 0.335 e. The van der Waals surface area contributed by atoms with Crippen LogP contribution in [0.5, 0.6) is 5.75 Å². The molecule has 0 saturated heterocycles. The summed E-state index contributed by atoms with van der Waals surface area (Å²) in [6.07, 6.45) is 3.58. The van der Waals surface area contributed by atoms with Gasteiger partial charge in [-0.3, -0.25) is 4.98 Å². The molecule has 2 heterocycles. The maximum absolute atomic E-state index is 11.1. The van der Waals surface area contributed by atoms with Crippen LogP contribution in [0.15, 0.2) is 97.3 Å². The van der Waals surface area contributed by atoms with Crippen molar-refractivity contribution in [2.24, 2.45) is 0 Å². The van der Waals surface area contributed by atoms with E-state index in [2.05, 4.69) is 15.3 Å². The maximum Gasteiger partial charge on any atom is 0.335 e. The second-order valence-corrected chi connectivity index (χ2v) is 8.09. The first-order valence-corrected chi connectivity index (χ1v) is 11.1. The Balaban J connectivity index is 1.34. The highest BCUT2D eigenvalue weighted by atomic mass is 16.5. The Morgan fingerprint density at radius 2 is 1.71 bits per heavy atom. The van der Waals surface area contributed by atoms with Crippen molar-refractivity contribution in [3.63, 3.8) is 0 Å². The molecule has 0 amide bonds. The van der Waals surface area contributed by atoms with Crippen LogP contribution in [0.2, 0.25) is 0 Å². The molecule has 2 aromatic heterocycles. The van der Waals surface area contributed by atoms with Crippen LogP contribution >= 0.6 is 0 Å². The number of carboxylic acids is 1. The Hall–Kier alpha value is -4.78. The zero-order chi connectivity index (χ0) is 24.2. The predicted octanol–water partition coefficient (Wildman–Crippen LogP) is 5.58.